The third-order valence-electron chi connectivity index (χ3n) is 2.33. The van der Waals surface area contributed by atoms with Gasteiger partial charge in [-0.3, -0.25) is 5.32 Å². The molecule has 2 amide bonds. The van der Waals surface area contributed by atoms with E-state index in [2.05, 4.69) is 16.0 Å². The zero-order chi connectivity index (χ0) is 9.73. The highest BCUT2D eigenvalue weighted by molar-refractivity contribution is 5.72. The Labute approximate surface area is 78.4 Å². The van der Waals surface area contributed by atoms with Gasteiger partial charge in [0.1, 0.15) is 0 Å². The van der Waals surface area contributed by atoms with E-state index in [0.29, 0.717) is 0 Å². The number of rotatable bonds is 3. The summed E-state index contributed by atoms with van der Waals surface area (Å²) in [6.45, 7) is 4.67. The van der Waals surface area contributed by atoms with Crippen LogP contribution in [0, 0.1) is 0 Å². The Morgan fingerprint density at radius 2 is 2.15 bits per heavy atom. The first-order valence-corrected chi connectivity index (χ1v) is 4.72. The van der Waals surface area contributed by atoms with Gasteiger partial charge in [0.15, 0.2) is 0 Å². The summed E-state index contributed by atoms with van der Waals surface area (Å²) >= 11 is 0. The van der Waals surface area contributed by atoms with E-state index >= 15 is 0 Å². The first kappa shape index (κ1) is 10.3. The molecule has 0 atom stereocenters. The zero-order valence-electron chi connectivity index (χ0n) is 8.02. The number of nitrogens with two attached hydrogens (primary N) is 1. The van der Waals surface area contributed by atoms with Crippen LogP contribution in [0.2, 0.25) is 0 Å². The molecule has 0 unspecified atom stereocenters. The van der Waals surface area contributed by atoms with E-state index in [4.69, 9.17) is 5.73 Å². The number of nitrogens with one attached hydrogen (secondary N) is 3. The van der Waals surface area contributed by atoms with E-state index in [9.17, 15) is 4.79 Å². The minimum atomic E-state index is -0.456. The highest BCUT2D eigenvalue weighted by Crippen LogP contribution is 2.14. The molecule has 0 aromatic rings. The lowest BCUT2D eigenvalue weighted by atomic mass is 9.98. The van der Waals surface area contributed by atoms with Gasteiger partial charge < -0.3 is 16.4 Å². The smallest absolute Gasteiger partial charge is 0.313 e. The number of hydrogen-bond donors (Lipinski definition) is 4. The van der Waals surface area contributed by atoms with Crippen molar-refractivity contribution in [2.24, 2.45) is 5.73 Å². The second-order valence-corrected chi connectivity index (χ2v) is 3.35. The molecular formula is C8H18N4O. The van der Waals surface area contributed by atoms with Gasteiger partial charge in [0, 0.05) is 0 Å². The maximum absolute atomic E-state index is 10.8. The minimum absolute atomic E-state index is 0.286. The molecule has 0 saturated carbocycles. The van der Waals surface area contributed by atoms with Crippen molar-refractivity contribution in [3.63, 3.8) is 0 Å². The molecule has 1 aliphatic heterocycles. The molecular weight excluding hydrogens is 168 g/mol. The predicted molar refractivity (Wildman–Crippen MR) is 51.2 cm³/mol. The van der Waals surface area contributed by atoms with Crippen molar-refractivity contribution in [3.05, 3.63) is 0 Å². The number of primary amides is 1. The molecule has 0 aromatic heterocycles. The SMILES string of the molecule is CCNC1(NC(N)=O)CCNCC1. The second kappa shape index (κ2) is 4.43. The molecule has 76 valence electrons. The van der Waals surface area contributed by atoms with Gasteiger partial charge >= 0.3 is 6.03 Å². The van der Waals surface area contributed by atoms with Crippen molar-refractivity contribution >= 4 is 6.03 Å². The Balaban J connectivity index is 2.55. The monoisotopic (exact) mass is 186 g/mol. The summed E-state index contributed by atoms with van der Waals surface area (Å²) < 4.78 is 0. The van der Waals surface area contributed by atoms with Crippen molar-refractivity contribution in [1.29, 1.82) is 0 Å². The Morgan fingerprint density at radius 1 is 1.54 bits per heavy atom. The van der Waals surface area contributed by atoms with E-state index in [0.717, 1.165) is 32.5 Å². The fourth-order valence-electron chi connectivity index (χ4n) is 1.77. The number of carbonyl (C=O) groups excluding carboxylic acids is 1. The molecule has 5 nitrogen and oxygen atoms in total. The van der Waals surface area contributed by atoms with Crippen LogP contribution in [0.5, 0.6) is 0 Å². The molecule has 1 aliphatic rings. The number of amides is 2. The van der Waals surface area contributed by atoms with Crippen LogP contribution in [0.25, 0.3) is 0 Å². The van der Waals surface area contributed by atoms with Crippen LogP contribution in [0.1, 0.15) is 19.8 Å². The maximum atomic E-state index is 10.8. The predicted octanol–water partition coefficient (Wildman–Crippen LogP) is -0.656. The average molecular weight is 186 g/mol. The van der Waals surface area contributed by atoms with Crippen LogP contribution < -0.4 is 21.7 Å². The summed E-state index contributed by atoms with van der Waals surface area (Å²) in [4.78, 5) is 10.8. The normalized spacial score (nSPS) is 21.0. The molecule has 0 aromatic carbocycles. The Hall–Kier alpha value is -0.810. The molecule has 13 heavy (non-hydrogen) atoms. The highest BCUT2D eigenvalue weighted by atomic mass is 16.2. The summed E-state index contributed by atoms with van der Waals surface area (Å²) in [6, 6.07) is -0.456. The fraction of sp³-hybridized carbons (Fsp3) is 0.875. The fourth-order valence-corrected chi connectivity index (χ4v) is 1.77. The van der Waals surface area contributed by atoms with E-state index in [-0.39, 0.29) is 5.66 Å². The van der Waals surface area contributed by atoms with Gasteiger partial charge in [0.05, 0.1) is 5.66 Å². The zero-order valence-corrected chi connectivity index (χ0v) is 8.02. The molecule has 0 bridgehead atoms. The van der Waals surface area contributed by atoms with Gasteiger partial charge in [-0.15, -0.1) is 0 Å². The van der Waals surface area contributed by atoms with E-state index in [1.54, 1.807) is 0 Å². The van der Waals surface area contributed by atoms with E-state index in [1.165, 1.54) is 0 Å². The lowest BCUT2D eigenvalue weighted by Crippen LogP contribution is -2.64. The first-order valence-electron chi connectivity index (χ1n) is 4.72. The van der Waals surface area contributed by atoms with Gasteiger partial charge in [0.2, 0.25) is 0 Å². The number of piperidine rings is 1. The number of carbonyl (C=O) groups is 1. The molecule has 0 radical (unpaired) electrons. The summed E-state index contributed by atoms with van der Waals surface area (Å²) in [5.74, 6) is 0. The molecule has 1 saturated heterocycles. The molecule has 0 spiro atoms. The Kier molecular flexibility index (Phi) is 3.50. The molecule has 1 fully saturated rings. The van der Waals surface area contributed by atoms with Crippen molar-refractivity contribution in [2.45, 2.75) is 25.4 Å². The van der Waals surface area contributed by atoms with Crippen LogP contribution in [-0.4, -0.2) is 31.3 Å². The van der Waals surface area contributed by atoms with Crippen LogP contribution in [0.15, 0.2) is 0 Å². The number of hydrogen-bond acceptors (Lipinski definition) is 3. The molecule has 1 rings (SSSR count). The molecule has 5 heteroatoms. The van der Waals surface area contributed by atoms with Gasteiger partial charge in [-0.25, -0.2) is 4.79 Å². The molecule has 5 N–H and O–H groups in total. The third kappa shape index (κ3) is 2.86. The molecule has 0 aliphatic carbocycles. The third-order valence-corrected chi connectivity index (χ3v) is 2.33. The van der Waals surface area contributed by atoms with E-state index in [1.807, 2.05) is 6.92 Å². The van der Waals surface area contributed by atoms with Gasteiger partial charge in [-0.1, -0.05) is 6.92 Å². The average Bonchev–Trinajstić information content (AvgIpc) is 2.04. The van der Waals surface area contributed by atoms with Crippen LogP contribution in [0.4, 0.5) is 4.79 Å². The summed E-state index contributed by atoms with van der Waals surface area (Å²) in [7, 11) is 0. The largest absolute Gasteiger partial charge is 0.352 e. The first-order chi connectivity index (χ1) is 6.18. The lowest BCUT2D eigenvalue weighted by Gasteiger charge is -2.38. The highest BCUT2D eigenvalue weighted by Gasteiger charge is 2.31. The van der Waals surface area contributed by atoms with Gasteiger partial charge in [0.25, 0.3) is 0 Å². The summed E-state index contributed by atoms with van der Waals surface area (Å²) in [6.07, 6.45) is 1.76. The minimum Gasteiger partial charge on any atom is -0.352 e. The topological polar surface area (TPSA) is 79.2 Å². The van der Waals surface area contributed by atoms with Crippen molar-refractivity contribution in [1.82, 2.24) is 16.0 Å². The summed E-state index contributed by atoms with van der Waals surface area (Å²) in [5, 5.41) is 9.30. The standard InChI is InChI=1S/C8H18N4O/c1-2-11-8(12-7(9)13)3-5-10-6-4-8/h10-11H,2-6H2,1H3,(H3,9,12,13). The maximum Gasteiger partial charge on any atom is 0.313 e. The molecule has 1 heterocycles. The second-order valence-electron chi connectivity index (χ2n) is 3.35. The number of urea groups is 1. The van der Waals surface area contributed by atoms with Crippen molar-refractivity contribution < 1.29 is 4.79 Å². The van der Waals surface area contributed by atoms with Gasteiger partial charge in [-0.2, -0.15) is 0 Å². The van der Waals surface area contributed by atoms with Crippen LogP contribution in [0.3, 0.4) is 0 Å². The van der Waals surface area contributed by atoms with Gasteiger partial charge in [-0.05, 0) is 32.5 Å². The van der Waals surface area contributed by atoms with Crippen molar-refractivity contribution in [2.75, 3.05) is 19.6 Å². The van der Waals surface area contributed by atoms with Crippen molar-refractivity contribution in [3.8, 4) is 0 Å². The Morgan fingerprint density at radius 3 is 2.62 bits per heavy atom. The lowest BCUT2D eigenvalue weighted by molar-refractivity contribution is 0.189. The van der Waals surface area contributed by atoms with Crippen LogP contribution in [-0.2, 0) is 0 Å². The summed E-state index contributed by atoms with van der Waals surface area (Å²) in [5.41, 5.74) is 4.84. The Bertz CT molecular complexity index is 171. The van der Waals surface area contributed by atoms with Crippen LogP contribution >= 0.6 is 0 Å². The quantitative estimate of drug-likeness (QED) is 0.442. The van der Waals surface area contributed by atoms with E-state index < -0.39 is 6.03 Å².